The lowest BCUT2D eigenvalue weighted by Gasteiger charge is -2.33. The van der Waals surface area contributed by atoms with Crippen LogP contribution in [-0.4, -0.2) is 66.4 Å². The Morgan fingerprint density at radius 3 is 2.36 bits per heavy atom. The Morgan fingerprint density at radius 1 is 1.11 bits per heavy atom. The smallest absolute Gasteiger partial charge is 0.214 e. The Balaban J connectivity index is 1.59. The summed E-state index contributed by atoms with van der Waals surface area (Å²) in [5, 5.41) is 0. The molecule has 0 unspecified atom stereocenters. The predicted octanol–water partition coefficient (Wildman–Crippen LogP) is 3.15. The molecular weight excluding hydrogens is 374 g/mol. The molecule has 0 aromatic carbocycles. The summed E-state index contributed by atoms with van der Waals surface area (Å²) in [5.41, 5.74) is 3.11. The van der Waals surface area contributed by atoms with E-state index in [0.717, 1.165) is 17.7 Å². The zero-order valence-electron chi connectivity index (χ0n) is 17.6. The molecule has 2 aliphatic rings. The second-order valence-electron chi connectivity index (χ2n) is 8.36. The monoisotopic (exact) mass is 409 g/mol. The zero-order valence-corrected chi connectivity index (χ0v) is 18.4. The largest absolute Gasteiger partial charge is 0.345 e. The summed E-state index contributed by atoms with van der Waals surface area (Å²) in [6, 6.07) is 2.58. The fourth-order valence-corrected chi connectivity index (χ4v) is 6.32. The number of carbonyl (C=O) groups is 1. The molecule has 0 atom stereocenters. The van der Waals surface area contributed by atoms with Crippen LogP contribution in [0.3, 0.4) is 0 Å². The van der Waals surface area contributed by atoms with E-state index in [9.17, 15) is 13.2 Å². The van der Waals surface area contributed by atoms with E-state index in [1.54, 1.807) is 4.31 Å². The third-order valence-electron chi connectivity index (χ3n) is 6.32. The second kappa shape index (κ2) is 9.09. The Hall–Kier alpha value is -1.18. The summed E-state index contributed by atoms with van der Waals surface area (Å²) in [4.78, 5) is 15.0. The fraction of sp³-hybridized carbons (Fsp3) is 0.762. The number of Topliss-reactive ketones (excluding diaryl/α,β-unsaturated/α-hetero) is 1. The SMILES string of the molecule is CCCCS(=O)(=O)N1CCN(CC(=O)c2cc(C)n(C3CCCC3)c2C)CC1. The van der Waals surface area contributed by atoms with Gasteiger partial charge in [0.05, 0.1) is 12.3 Å². The van der Waals surface area contributed by atoms with Crippen molar-refractivity contribution in [1.29, 1.82) is 0 Å². The van der Waals surface area contributed by atoms with Gasteiger partial charge in [0.15, 0.2) is 5.78 Å². The third-order valence-corrected chi connectivity index (χ3v) is 8.28. The van der Waals surface area contributed by atoms with E-state index in [-0.39, 0.29) is 11.5 Å². The average Bonchev–Trinajstić information content (AvgIpc) is 3.28. The maximum Gasteiger partial charge on any atom is 0.214 e. The fourth-order valence-electron chi connectivity index (χ4n) is 4.69. The molecule has 0 N–H and O–H groups in total. The van der Waals surface area contributed by atoms with Gasteiger partial charge in [-0.15, -0.1) is 0 Å². The highest BCUT2D eigenvalue weighted by Gasteiger charge is 2.28. The van der Waals surface area contributed by atoms with Gasteiger partial charge < -0.3 is 4.57 Å². The van der Waals surface area contributed by atoms with E-state index in [4.69, 9.17) is 0 Å². The maximum absolute atomic E-state index is 12.9. The van der Waals surface area contributed by atoms with Crippen molar-refractivity contribution in [2.75, 3.05) is 38.5 Å². The summed E-state index contributed by atoms with van der Waals surface area (Å²) >= 11 is 0. The zero-order chi connectivity index (χ0) is 20.3. The Labute approximate surface area is 169 Å². The van der Waals surface area contributed by atoms with Crippen LogP contribution in [0.15, 0.2) is 6.07 Å². The van der Waals surface area contributed by atoms with Crippen LogP contribution in [0.4, 0.5) is 0 Å². The number of unbranched alkanes of at least 4 members (excludes halogenated alkanes) is 1. The first-order valence-corrected chi connectivity index (χ1v) is 12.4. The van der Waals surface area contributed by atoms with Crippen LogP contribution in [0.2, 0.25) is 0 Å². The molecule has 1 saturated heterocycles. The van der Waals surface area contributed by atoms with Gasteiger partial charge in [0.25, 0.3) is 0 Å². The normalized spacial score (nSPS) is 20.1. The van der Waals surface area contributed by atoms with Crippen molar-refractivity contribution in [2.45, 2.75) is 65.3 Å². The number of nitrogens with zero attached hydrogens (tertiary/aromatic N) is 3. The molecule has 28 heavy (non-hydrogen) atoms. The molecule has 1 saturated carbocycles. The number of hydrogen-bond donors (Lipinski definition) is 0. The van der Waals surface area contributed by atoms with Crippen LogP contribution in [0.25, 0.3) is 0 Å². The molecule has 0 bridgehead atoms. The van der Waals surface area contributed by atoms with E-state index < -0.39 is 10.0 Å². The molecule has 7 heteroatoms. The molecule has 2 heterocycles. The van der Waals surface area contributed by atoms with E-state index in [2.05, 4.69) is 23.3 Å². The van der Waals surface area contributed by atoms with Crippen molar-refractivity contribution < 1.29 is 13.2 Å². The second-order valence-corrected chi connectivity index (χ2v) is 10.4. The number of aromatic nitrogens is 1. The average molecular weight is 410 g/mol. The first kappa shape index (κ1) is 21.5. The van der Waals surface area contributed by atoms with Crippen molar-refractivity contribution in [3.8, 4) is 0 Å². The summed E-state index contributed by atoms with van der Waals surface area (Å²) < 4.78 is 28.6. The number of ketones is 1. The third kappa shape index (κ3) is 4.69. The van der Waals surface area contributed by atoms with Crippen molar-refractivity contribution in [1.82, 2.24) is 13.8 Å². The van der Waals surface area contributed by atoms with E-state index in [1.165, 1.54) is 31.4 Å². The van der Waals surface area contributed by atoms with Crippen LogP contribution >= 0.6 is 0 Å². The number of carbonyl (C=O) groups excluding carboxylic acids is 1. The first-order valence-electron chi connectivity index (χ1n) is 10.7. The van der Waals surface area contributed by atoms with Crippen LogP contribution in [0.1, 0.15) is 73.2 Å². The molecule has 0 amide bonds. The van der Waals surface area contributed by atoms with E-state index in [1.807, 2.05) is 13.0 Å². The number of rotatable bonds is 8. The van der Waals surface area contributed by atoms with Gasteiger partial charge in [0.1, 0.15) is 0 Å². The van der Waals surface area contributed by atoms with Crippen molar-refractivity contribution in [2.24, 2.45) is 0 Å². The predicted molar refractivity (Wildman–Crippen MR) is 112 cm³/mol. The van der Waals surface area contributed by atoms with Gasteiger partial charge in [-0.3, -0.25) is 9.69 Å². The van der Waals surface area contributed by atoms with Crippen molar-refractivity contribution in [3.05, 3.63) is 23.0 Å². The van der Waals surface area contributed by atoms with Crippen LogP contribution < -0.4 is 0 Å². The summed E-state index contributed by atoms with van der Waals surface area (Å²) in [7, 11) is -3.15. The van der Waals surface area contributed by atoms with Crippen LogP contribution in [0.5, 0.6) is 0 Å². The van der Waals surface area contributed by atoms with Gasteiger partial charge in [-0.25, -0.2) is 8.42 Å². The van der Waals surface area contributed by atoms with Crippen LogP contribution in [-0.2, 0) is 10.0 Å². The minimum atomic E-state index is -3.15. The molecule has 0 spiro atoms. The van der Waals surface area contributed by atoms with E-state index in [0.29, 0.717) is 45.2 Å². The Bertz CT molecular complexity index is 786. The maximum atomic E-state index is 12.9. The Kier molecular flexibility index (Phi) is 6.99. The number of hydrogen-bond acceptors (Lipinski definition) is 4. The molecule has 6 nitrogen and oxygen atoms in total. The Morgan fingerprint density at radius 2 is 1.75 bits per heavy atom. The lowest BCUT2D eigenvalue weighted by atomic mass is 10.1. The van der Waals surface area contributed by atoms with E-state index >= 15 is 0 Å². The highest BCUT2D eigenvalue weighted by molar-refractivity contribution is 7.89. The van der Waals surface area contributed by atoms with Gasteiger partial charge in [-0.2, -0.15) is 4.31 Å². The van der Waals surface area contributed by atoms with Crippen molar-refractivity contribution >= 4 is 15.8 Å². The molecule has 1 aromatic heterocycles. The number of sulfonamides is 1. The molecule has 3 rings (SSSR count). The molecule has 2 fully saturated rings. The molecule has 1 aromatic rings. The lowest BCUT2D eigenvalue weighted by molar-refractivity contribution is 0.0901. The van der Waals surface area contributed by atoms with Gasteiger partial charge in [-0.1, -0.05) is 26.2 Å². The van der Waals surface area contributed by atoms with Gasteiger partial charge in [-0.05, 0) is 39.2 Å². The standard InChI is InChI=1S/C21H35N3O3S/c1-4-5-14-28(26,27)23-12-10-22(11-13-23)16-21(25)20-15-17(2)24(18(20)3)19-8-6-7-9-19/h15,19H,4-14,16H2,1-3H3. The molecule has 1 aliphatic carbocycles. The number of aryl methyl sites for hydroxylation is 1. The topological polar surface area (TPSA) is 62.6 Å². The highest BCUT2D eigenvalue weighted by atomic mass is 32.2. The number of piperazine rings is 1. The molecule has 158 valence electrons. The minimum Gasteiger partial charge on any atom is -0.345 e. The summed E-state index contributed by atoms with van der Waals surface area (Å²) in [5.74, 6) is 0.384. The molecule has 0 radical (unpaired) electrons. The lowest BCUT2D eigenvalue weighted by Crippen LogP contribution is -2.50. The summed E-state index contributed by atoms with van der Waals surface area (Å²) in [6.07, 6.45) is 6.55. The minimum absolute atomic E-state index is 0.152. The highest BCUT2D eigenvalue weighted by Crippen LogP contribution is 2.33. The molecule has 1 aliphatic heterocycles. The summed E-state index contributed by atoms with van der Waals surface area (Å²) in [6.45, 7) is 8.76. The quantitative estimate of drug-likeness (QED) is 0.619. The first-order chi connectivity index (χ1) is 13.3. The van der Waals surface area contributed by atoms with Crippen LogP contribution in [0, 0.1) is 13.8 Å². The van der Waals surface area contributed by atoms with Gasteiger partial charge in [0, 0.05) is 49.2 Å². The van der Waals surface area contributed by atoms with Gasteiger partial charge in [0.2, 0.25) is 10.0 Å². The molecular formula is C21H35N3O3S. The van der Waals surface area contributed by atoms with Crippen molar-refractivity contribution in [3.63, 3.8) is 0 Å². The van der Waals surface area contributed by atoms with Gasteiger partial charge >= 0.3 is 0 Å².